The molecule has 0 spiro atoms. The summed E-state index contributed by atoms with van der Waals surface area (Å²) < 4.78 is 33.4. The van der Waals surface area contributed by atoms with E-state index in [4.69, 9.17) is 16.9 Å². The number of hydrogen-bond donors (Lipinski definition) is 0. The van der Waals surface area contributed by atoms with Crippen molar-refractivity contribution < 1.29 is 16.9 Å². The van der Waals surface area contributed by atoms with E-state index < -0.39 is 46.1 Å². The van der Waals surface area contributed by atoms with Gasteiger partial charge in [-0.3, -0.25) is 0 Å². The first-order valence-electron chi connectivity index (χ1n) is 5.86. The van der Waals surface area contributed by atoms with E-state index >= 15 is 0 Å². The second-order valence-corrected chi connectivity index (χ2v) is 12.0. The Kier molecular flexibility index (Phi) is 6.45. The molecule has 2 aliphatic heterocycles. The van der Waals surface area contributed by atoms with Gasteiger partial charge in [0.25, 0.3) is 0 Å². The average molecular weight is 640 g/mol. The van der Waals surface area contributed by atoms with Crippen LogP contribution < -0.4 is 0 Å². The van der Waals surface area contributed by atoms with Crippen molar-refractivity contribution in [1.29, 1.82) is 0 Å². The van der Waals surface area contributed by atoms with Crippen molar-refractivity contribution in [3.05, 3.63) is 0 Å². The van der Waals surface area contributed by atoms with E-state index in [1.54, 1.807) is 0 Å². The van der Waals surface area contributed by atoms with Crippen LogP contribution in [0.3, 0.4) is 0 Å². The van der Waals surface area contributed by atoms with E-state index in [1.807, 2.05) is 20.8 Å². The summed E-state index contributed by atoms with van der Waals surface area (Å²) in [5.74, 6) is 0. The molecule has 0 radical (unpaired) electrons. The van der Waals surface area contributed by atoms with Crippen LogP contribution in [0, 0.1) is 0 Å². The molecule has 2 aliphatic rings. The number of rotatable bonds is 7. The normalized spacial score (nSPS) is 24.0. The van der Waals surface area contributed by atoms with E-state index in [9.17, 15) is 0 Å². The van der Waals surface area contributed by atoms with Gasteiger partial charge in [0.15, 0.2) is 0 Å². The topological polar surface area (TPSA) is 55.4 Å². The van der Waals surface area contributed by atoms with Crippen molar-refractivity contribution in [3.63, 3.8) is 0 Å². The predicted molar refractivity (Wildman–Crippen MR) is 60.3 cm³/mol. The second-order valence-electron chi connectivity index (χ2n) is 3.59. The fourth-order valence-electron chi connectivity index (χ4n) is 1.16. The Balaban J connectivity index is 1.61. The predicted octanol–water partition coefficient (Wildman–Crippen LogP) is 1.29. The molecule has 0 saturated carbocycles. The minimum absolute atomic E-state index is 0.0473. The standard InChI is InChI=1S/3C3H6O2.2Bi/c3*1-2-3(4)5;;/h3*3H,2H2,1H3;;/q3*-2;2*+3. The van der Waals surface area contributed by atoms with E-state index in [0.717, 1.165) is 19.3 Å². The molecule has 0 amide bonds. The van der Waals surface area contributed by atoms with Gasteiger partial charge in [0.1, 0.15) is 0 Å². The molecule has 0 aromatic heterocycles. The molecule has 0 unspecified atom stereocenters. The van der Waals surface area contributed by atoms with Crippen LogP contribution in [0.5, 0.6) is 0 Å². The van der Waals surface area contributed by atoms with Crippen molar-refractivity contribution in [1.82, 2.24) is 0 Å². The molecule has 0 bridgehead atoms. The Hall–Kier alpha value is 1.53. The first-order valence-corrected chi connectivity index (χ1v) is 14.4. The molecule has 100 valence electrons. The summed E-state index contributed by atoms with van der Waals surface area (Å²) in [6.07, 6.45) is 2.16. The maximum absolute atomic E-state index is 5.67. The zero-order chi connectivity index (χ0) is 12.3. The monoisotopic (exact) mass is 640 g/mol. The maximum atomic E-state index is 5.67. The van der Waals surface area contributed by atoms with Gasteiger partial charge in [-0.1, -0.05) is 0 Å². The molecule has 0 aromatic rings. The molecule has 2 fully saturated rings. The SMILES string of the molecule is CCC1[O][Bi]([O]C(CC)[O][Bi]2[O]C(CC)[O]2)[O]1. The molecule has 0 N–H and O–H groups in total. The third kappa shape index (κ3) is 4.25. The van der Waals surface area contributed by atoms with Crippen LogP contribution in [-0.2, 0) is 16.9 Å². The van der Waals surface area contributed by atoms with E-state index in [0.29, 0.717) is 0 Å². The molecular weight excluding hydrogens is 622 g/mol. The van der Waals surface area contributed by atoms with Crippen molar-refractivity contribution >= 4 is 46.1 Å². The molecule has 0 atom stereocenters. The van der Waals surface area contributed by atoms with Gasteiger partial charge in [0.05, 0.1) is 0 Å². The minimum atomic E-state index is -2.54. The van der Waals surface area contributed by atoms with Gasteiger partial charge in [0, 0.05) is 0 Å². The summed E-state index contributed by atoms with van der Waals surface area (Å²) in [4.78, 5) is 0. The van der Waals surface area contributed by atoms with Crippen molar-refractivity contribution in [2.75, 3.05) is 0 Å². The van der Waals surface area contributed by atoms with Crippen molar-refractivity contribution in [2.24, 2.45) is 0 Å². The van der Waals surface area contributed by atoms with Gasteiger partial charge >= 0.3 is 122 Å². The Morgan fingerprint density at radius 3 is 1.59 bits per heavy atom. The molecule has 2 rings (SSSR count). The van der Waals surface area contributed by atoms with Crippen LogP contribution in [0.25, 0.3) is 0 Å². The first kappa shape index (κ1) is 14.9. The van der Waals surface area contributed by atoms with Gasteiger partial charge in [-0.25, -0.2) is 0 Å². The summed E-state index contributed by atoms with van der Waals surface area (Å²) in [6, 6.07) is 0. The van der Waals surface area contributed by atoms with E-state index in [-0.39, 0.29) is 18.9 Å². The van der Waals surface area contributed by atoms with Gasteiger partial charge in [-0.2, -0.15) is 0 Å². The molecule has 17 heavy (non-hydrogen) atoms. The van der Waals surface area contributed by atoms with E-state index in [1.165, 1.54) is 0 Å². The Morgan fingerprint density at radius 2 is 1.29 bits per heavy atom. The summed E-state index contributed by atoms with van der Waals surface area (Å²) in [6.45, 7) is 6.06. The Bertz CT molecular complexity index is 210. The van der Waals surface area contributed by atoms with Gasteiger partial charge in [-0.15, -0.1) is 0 Å². The van der Waals surface area contributed by atoms with E-state index in [2.05, 4.69) is 0 Å². The van der Waals surface area contributed by atoms with Gasteiger partial charge in [0.2, 0.25) is 0 Å². The van der Waals surface area contributed by atoms with Crippen molar-refractivity contribution in [2.45, 2.75) is 58.9 Å². The Morgan fingerprint density at radius 1 is 0.882 bits per heavy atom. The molecule has 2 heterocycles. The van der Waals surface area contributed by atoms with Gasteiger partial charge in [-0.05, 0) is 0 Å². The zero-order valence-electron chi connectivity index (χ0n) is 10.2. The van der Waals surface area contributed by atoms with Crippen molar-refractivity contribution in [3.8, 4) is 0 Å². The second kappa shape index (κ2) is 7.35. The van der Waals surface area contributed by atoms with Crippen LogP contribution in [0.2, 0.25) is 0 Å². The summed E-state index contributed by atoms with van der Waals surface area (Å²) in [5, 5.41) is 0. The summed E-state index contributed by atoms with van der Waals surface area (Å²) in [7, 11) is 0. The zero-order valence-corrected chi connectivity index (χ0v) is 17.2. The first-order chi connectivity index (χ1) is 8.25. The molecular formula is C9H18Bi2O6. The van der Waals surface area contributed by atoms with Crippen LogP contribution in [-0.4, -0.2) is 65.0 Å². The Labute approximate surface area is 121 Å². The third-order valence-electron chi connectivity index (χ3n) is 2.22. The molecule has 0 aromatic carbocycles. The fourth-order valence-corrected chi connectivity index (χ4v) is 11.5. The molecule has 6 nitrogen and oxygen atoms in total. The molecule has 0 aliphatic carbocycles. The van der Waals surface area contributed by atoms with Crippen LogP contribution in [0.1, 0.15) is 40.0 Å². The van der Waals surface area contributed by atoms with Crippen LogP contribution in [0.4, 0.5) is 0 Å². The summed E-state index contributed by atoms with van der Waals surface area (Å²) in [5.41, 5.74) is 0. The quantitative estimate of drug-likeness (QED) is 0.309. The average Bonchev–Trinajstić information content (AvgIpc) is 2.24. The molecule has 2 saturated heterocycles. The van der Waals surface area contributed by atoms with Crippen LogP contribution in [0.15, 0.2) is 0 Å². The molecule has 8 heteroatoms. The van der Waals surface area contributed by atoms with Crippen LogP contribution >= 0.6 is 0 Å². The number of hydrogen-bond acceptors (Lipinski definition) is 6. The van der Waals surface area contributed by atoms with Gasteiger partial charge < -0.3 is 0 Å². The third-order valence-corrected chi connectivity index (χ3v) is 11.7. The fraction of sp³-hybridized carbons (Fsp3) is 1.00. The summed E-state index contributed by atoms with van der Waals surface area (Å²) >= 11 is -5.08.